The van der Waals surface area contributed by atoms with E-state index in [4.69, 9.17) is 19.4 Å². The van der Waals surface area contributed by atoms with Gasteiger partial charge in [-0.1, -0.05) is 152 Å². The molecule has 8 aromatic carbocycles. The van der Waals surface area contributed by atoms with E-state index in [0.29, 0.717) is 17.5 Å². The summed E-state index contributed by atoms with van der Waals surface area (Å²) in [4.78, 5) is 15.2. The average Bonchev–Trinajstić information content (AvgIpc) is 3.85. The highest BCUT2D eigenvalue weighted by molar-refractivity contribution is 7.26. The van der Waals surface area contributed by atoms with Gasteiger partial charge in [-0.25, -0.2) is 15.0 Å². The first-order valence-electron chi connectivity index (χ1n) is 18.7. The number of furan rings is 1. The van der Waals surface area contributed by atoms with Gasteiger partial charge in [0, 0.05) is 53.2 Å². The molecule has 0 atom stereocenters. The average molecular weight is 734 g/mol. The van der Waals surface area contributed by atoms with Gasteiger partial charge in [0.05, 0.1) is 0 Å². The molecular weight excluding hydrogens is 703 g/mol. The van der Waals surface area contributed by atoms with E-state index >= 15 is 0 Å². The molecule has 0 aliphatic carbocycles. The van der Waals surface area contributed by atoms with Crippen LogP contribution in [0.4, 0.5) is 0 Å². The standard InChI is InChI=1S/C51H31N3OS/c1-4-14-32(15-5-1)35-20-12-21-36(28-35)50-52-49(34-18-8-3-9-19-34)53-51(54-50)37-26-27-41-46(31-37)56-45-25-13-23-40(47(41)45)43-30-38(33-16-6-2-7-17-33)29-42-39-22-10-11-24-44(39)55-48(42)43/h1-31H. The predicted molar refractivity (Wildman–Crippen MR) is 233 cm³/mol. The highest BCUT2D eigenvalue weighted by Gasteiger charge is 2.20. The summed E-state index contributed by atoms with van der Waals surface area (Å²) < 4.78 is 9.03. The summed E-state index contributed by atoms with van der Waals surface area (Å²) in [6, 6.07) is 65.7. The Balaban J connectivity index is 1.08. The number of nitrogens with zero attached hydrogens (tertiary/aromatic N) is 3. The van der Waals surface area contributed by atoms with Crippen molar-refractivity contribution in [3.8, 4) is 67.5 Å². The molecule has 0 unspecified atom stereocenters. The van der Waals surface area contributed by atoms with Crippen LogP contribution in [-0.2, 0) is 0 Å². The Labute approximate surface area is 327 Å². The first-order chi connectivity index (χ1) is 27.7. The second-order valence-electron chi connectivity index (χ2n) is 14.0. The van der Waals surface area contributed by atoms with Crippen LogP contribution < -0.4 is 0 Å². The molecule has 11 aromatic rings. The van der Waals surface area contributed by atoms with E-state index in [1.807, 2.05) is 42.5 Å². The molecule has 0 aliphatic heterocycles. The molecule has 262 valence electrons. The fourth-order valence-corrected chi connectivity index (χ4v) is 9.00. The van der Waals surface area contributed by atoms with Gasteiger partial charge in [-0.15, -0.1) is 11.3 Å². The molecule has 3 aromatic heterocycles. The Bertz CT molecular complexity index is 3240. The zero-order valence-corrected chi connectivity index (χ0v) is 30.9. The van der Waals surface area contributed by atoms with E-state index in [9.17, 15) is 0 Å². The van der Waals surface area contributed by atoms with Gasteiger partial charge in [-0.2, -0.15) is 0 Å². The number of hydrogen-bond donors (Lipinski definition) is 0. The van der Waals surface area contributed by atoms with Gasteiger partial charge in [0.25, 0.3) is 0 Å². The lowest BCUT2D eigenvalue weighted by atomic mass is 9.93. The van der Waals surface area contributed by atoms with E-state index in [1.165, 1.54) is 25.7 Å². The lowest BCUT2D eigenvalue weighted by Crippen LogP contribution is -2.00. The third-order valence-corrected chi connectivity index (χ3v) is 11.6. The van der Waals surface area contributed by atoms with Crippen LogP contribution in [0.1, 0.15) is 0 Å². The topological polar surface area (TPSA) is 51.8 Å². The van der Waals surface area contributed by atoms with Crippen molar-refractivity contribution in [3.05, 3.63) is 188 Å². The second kappa shape index (κ2) is 13.3. The summed E-state index contributed by atoms with van der Waals surface area (Å²) in [6.45, 7) is 0. The van der Waals surface area contributed by atoms with Gasteiger partial charge < -0.3 is 4.42 Å². The van der Waals surface area contributed by atoms with Crippen LogP contribution in [0.2, 0.25) is 0 Å². The molecule has 5 heteroatoms. The largest absolute Gasteiger partial charge is 0.455 e. The third-order valence-electron chi connectivity index (χ3n) is 10.5. The van der Waals surface area contributed by atoms with Crippen molar-refractivity contribution in [3.63, 3.8) is 0 Å². The molecule has 3 heterocycles. The zero-order valence-electron chi connectivity index (χ0n) is 30.1. The first-order valence-corrected chi connectivity index (χ1v) is 19.5. The van der Waals surface area contributed by atoms with E-state index < -0.39 is 0 Å². The zero-order chi connectivity index (χ0) is 37.0. The number of rotatable bonds is 6. The van der Waals surface area contributed by atoms with Crippen molar-refractivity contribution in [1.29, 1.82) is 0 Å². The fraction of sp³-hybridized carbons (Fsp3) is 0. The second-order valence-corrected chi connectivity index (χ2v) is 15.1. The summed E-state index contributed by atoms with van der Waals surface area (Å²) in [5.41, 5.74) is 11.4. The van der Waals surface area contributed by atoms with E-state index in [-0.39, 0.29) is 0 Å². The van der Waals surface area contributed by atoms with Gasteiger partial charge in [0.1, 0.15) is 11.2 Å². The smallest absolute Gasteiger partial charge is 0.164 e. The summed E-state index contributed by atoms with van der Waals surface area (Å²) >= 11 is 1.79. The van der Waals surface area contributed by atoms with Crippen molar-refractivity contribution in [2.45, 2.75) is 0 Å². The molecule has 0 saturated carbocycles. The summed E-state index contributed by atoms with van der Waals surface area (Å²) in [5.74, 6) is 1.92. The number of benzene rings is 8. The van der Waals surface area contributed by atoms with Crippen molar-refractivity contribution in [2.75, 3.05) is 0 Å². The number of thiophene rings is 1. The van der Waals surface area contributed by atoms with Crippen LogP contribution in [0.25, 0.3) is 110 Å². The lowest BCUT2D eigenvalue weighted by molar-refractivity contribution is 0.670. The van der Waals surface area contributed by atoms with E-state index in [2.05, 4.69) is 146 Å². The van der Waals surface area contributed by atoms with Gasteiger partial charge in [-0.3, -0.25) is 0 Å². The molecule has 0 fully saturated rings. The number of aromatic nitrogens is 3. The van der Waals surface area contributed by atoms with E-state index in [0.717, 1.165) is 66.4 Å². The summed E-state index contributed by atoms with van der Waals surface area (Å²) in [6.07, 6.45) is 0. The molecule has 0 bridgehead atoms. The van der Waals surface area contributed by atoms with Gasteiger partial charge in [0.15, 0.2) is 17.5 Å². The molecular formula is C51H31N3OS. The fourth-order valence-electron chi connectivity index (χ4n) is 7.83. The summed E-state index contributed by atoms with van der Waals surface area (Å²) in [5, 5.41) is 4.63. The maximum Gasteiger partial charge on any atom is 0.164 e. The summed E-state index contributed by atoms with van der Waals surface area (Å²) in [7, 11) is 0. The highest BCUT2D eigenvalue weighted by Crippen LogP contribution is 2.46. The van der Waals surface area contributed by atoms with Crippen molar-refractivity contribution in [1.82, 2.24) is 15.0 Å². The molecule has 0 saturated heterocycles. The molecule has 0 N–H and O–H groups in total. The molecule has 4 nitrogen and oxygen atoms in total. The van der Waals surface area contributed by atoms with Gasteiger partial charge in [-0.05, 0) is 64.2 Å². The SMILES string of the molecule is c1ccc(-c2cccc(-c3nc(-c4ccccc4)nc(-c4ccc5c(c4)sc4cccc(-c6cc(-c7ccccc7)cc7c6oc6ccccc67)c45)n3)c2)cc1. The van der Waals surface area contributed by atoms with Gasteiger partial charge in [0.2, 0.25) is 0 Å². The van der Waals surface area contributed by atoms with Crippen LogP contribution in [-0.4, -0.2) is 15.0 Å². The minimum atomic E-state index is 0.637. The highest BCUT2D eigenvalue weighted by atomic mass is 32.1. The van der Waals surface area contributed by atoms with Crippen LogP contribution in [0.3, 0.4) is 0 Å². The molecule has 0 radical (unpaired) electrons. The van der Waals surface area contributed by atoms with Crippen molar-refractivity contribution < 1.29 is 4.42 Å². The Kier molecular flexibility index (Phi) is 7.64. The monoisotopic (exact) mass is 733 g/mol. The number of hydrogen-bond acceptors (Lipinski definition) is 5. The van der Waals surface area contributed by atoms with Crippen LogP contribution >= 0.6 is 11.3 Å². The Morgan fingerprint density at radius 3 is 1.68 bits per heavy atom. The third kappa shape index (κ3) is 5.56. The molecule has 0 spiro atoms. The van der Waals surface area contributed by atoms with Crippen LogP contribution in [0.15, 0.2) is 192 Å². The minimum Gasteiger partial charge on any atom is -0.455 e. The van der Waals surface area contributed by atoms with Crippen LogP contribution in [0.5, 0.6) is 0 Å². The number of fused-ring (bicyclic) bond motifs is 6. The Hall–Kier alpha value is -7.21. The Morgan fingerprint density at radius 1 is 0.339 bits per heavy atom. The minimum absolute atomic E-state index is 0.637. The van der Waals surface area contributed by atoms with Gasteiger partial charge >= 0.3 is 0 Å². The van der Waals surface area contributed by atoms with Crippen molar-refractivity contribution >= 4 is 53.4 Å². The first kappa shape index (κ1) is 32.2. The quantitative estimate of drug-likeness (QED) is 0.171. The maximum absolute atomic E-state index is 6.65. The Morgan fingerprint density at radius 2 is 0.929 bits per heavy atom. The normalized spacial score (nSPS) is 11.6. The molecule has 0 aliphatic rings. The van der Waals surface area contributed by atoms with E-state index in [1.54, 1.807) is 11.3 Å². The van der Waals surface area contributed by atoms with Crippen LogP contribution in [0, 0.1) is 0 Å². The van der Waals surface area contributed by atoms with Crippen molar-refractivity contribution in [2.24, 2.45) is 0 Å². The number of para-hydroxylation sites is 1. The molecule has 0 amide bonds. The maximum atomic E-state index is 6.65. The predicted octanol–water partition coefficient (Wildman–Crippen LogP) is 14.1. The molecule has 11 rings (SSSR count). The molecule has 56 heavy (non-hydrogen) atoms. The lowest BCUT2D eigenvalue weighted by Gasteiger charge is -2.10.